The van der Waals surface area contributed by atoms with Gasteiger partial charge in [0.15, 0.2) is 0 Å². The lowest BCUT2D eigenvalue weighted by Crippen LogP contribution is -1.95. The van der Waals surface area contributed by atoms with Crippen LogP contribution >= 0.6 is 0 Å². The van der Waals surface area contributed by atoms with Crippen LogP contribution in [0.3, 0.4) is 0 Å². The first-order valence-corrected chi connectivity index (χ1v) is 23.1. The molecule has 67 heavy (non-hydrogen) atoms. The van der Waals surface area contributed by atoms with Crippen molar-refractivity contribution in [3.63, 3.8) is 0 Å². The lowest BCUT2D eigenvalue weighted by atomic mass is 9.86. The molecule has 0 N–H and O–H groups in total. The van der Waals surface area contributed by atoms with Crippen molar-refractivity contribution >= 4 is 43.4 Å². The van der Waals surface area contributed by atoms with Gasteiger partial charge in [-0.3, -0.25) is 0 Å². The smallest absolute Gasteiger partial charge is 0.0541 e. The molecule has 0 aliphatic carbocycles. The fourth-order valence-electron chi connectivity index (χ4n) is 10.5. The van der Waals surface area contributed by atoms with E-state index in [1.807, 2.05) is 0 Å². The lowest BCUT2D eigenvalue weighted by molar-refractivity contribution is 1.18. The predicted molar refractivity (Wildman–Crippen MR) is 289 cm³/mol. The van der Waals surface area contributed by atoms with Crippen molar-refractivity contribution in [3.05, 3.63) is 261 Å². The SMILES string of the molecule is C=C.Cc1c(-c2ccccc2)cccc1-c1cccc(-c2cccc(-c3ccc4c(c3)c3ccccc3n4-c3ccc(-c4c5ccccc5c(-c5ccccc5)c5ccccc45)cc3)c2)c1C. The quantitative estimate of drug-likeness (QED) is 0.111. The van der Waals surface area contributed by atoms with Gasteiger partial charge in [-0.05, 0) is 150 Å². The Bertz CT molecular complexity index is 3720. The van der Waals surface area contributed by atoms with Crippen LogP contribution in [0.15, 0.2) is 250 Å². The molecule has 0 aliphatic heterocycles. The Morgan fingerprint density at radius 2 is 0.657 bits per heavy atom. The van der Waals surface area contributed by atoms with E-state index < -0.39 is 0 Å². The topological polar surface area (TPSA) is 4.93 Å². The van der Waals surface area contributed by atoms with Crippen LogP contribution in [0, 0.1) is 13.8 Å². The van der Waals surface area contributed by atoms with Gasteiger partial charge in [-0.2, -0.15) is 0 Å². The number of fused-ring (bicyclic) bond motifs is 5. The third-order valence-corrected chi connectivity index (χ3v) is 13.6. The maximum atomic E-state index is 3.00. The zero-order valence-corrected chi connectivity index (χ0v) is 37.9. The summed E-state index contributed by atoms with van der Waals surface area (Å²) in [5.74, 6) is 0. The van der Waals surface area contributed by atoms with Crippen LogP contribution in [0.25, 0.3) is 116 Å². The molecule has 1 nitrogen and oxygen atoms in total. The highest BCUT2D eigenvalue weighted by Crippen LogP contribution is 2.45. The zero-order valence-electron chi connectivity index (χ0n) is 37.9. The third-order valence-electron chi connectivity index (χ3n) is 13.6. The van der Waals surface area contributed by atoms with Gasteiger partial charge in [-0.25, -0.2) is 0 Å². The van der Waals surface area contributed by atoms with E-state index >= 15 is 0 Å². The molecule has 1 aromatic heterocycles. The highest BCUT2D eigenvalue weighted by atomic mass is 15.0. The first-order valence-electron chi connectivity index (χ1n) is 23.1. The largest absolute Gasteiger partial charge is 0.309 e. The Morgan fingerprint density at radius 1 is 0.269 bits per heavy atom. The normalized spacial score (nSPS) is 11.3. The monoisotopic (exact) mass is 855 g/mol. The molecule has 0 radical (unpaired) electrons. The minimum atomic E-state index is 1.14. The number of rotatable bonds is 7. The summed E-state index contributed by atoms with van der Waals surface area (Å²) in [6.07, 6.45) is 0. The van der Waals surface area contributed by atoms with Crippen molar-refractivity contribution in [2.45, 2.75) is 13.8 Å². The van der Waals surface area contributed by atoms with Gasteiger partial charge < -0.3 is 4.57 Å². The van der Waals surface area contributed by atoms with E-state index in [9.17, 15) is 0 Å². The molecule has 12 rings (SSSR count). The summed E-state index contributed by atoms with van der Waals surface area (Å²) in [7, 11) is 0. The summed E-state index contributed by atoms with van der Waals surface area (Å²) in [6, 6.07) is 86.8. The second kappa shape index (κ2) is 17.5. The molecule has 1 heteroatoms. The van der Waals surface area contributed by atoms with Gasteiger partial charge in [-0.15, -0.1) is 13.2 Å². The Labute approximate surface area is 393 Å². The van der Waals surface area contributed by atoms with Gasteiger partial charge in [0.1, 0.15) is 0 Å². The van der Waals surface area contributed by atoms with Gasteiger partial charge in [-0.1, -0.05) is 200 Å². The second-order valence-electron chi connectivity index (χ2n) is 17.2. The number of hydrogen-bond donors (Lipinski definition) is 0. The molecule has 11 aromatic carbocycles. The van der Waals surface area contributed by atoms with Gasteiger partial charge in [0.2, 0.25) is 0 Å². The highest BCUT2D eigenvalue weighted by Gasteiger charge is 2.19. The van der Waals surface area contributed by atoms with Crippen LogP contribution in [-0.4, -0.2) is 4.57 Å². The molecule has 0 unspecified atom stereocenters. The molecule has 0 spiro atoms. The molecule has 0 bridgehead atoms. The molecule has 0 saturated carbocycles. The molecule has 0 atom stereocenters. The van der Waals surface area contributed by atoms with Crippen molar-refractivity contribution in [1.82, 2.24) is 4.57 Å². The standard InChI is InChI=1S/C64H45N.C2H4/c1-42-51(44-18-5-3-6-19-44)29-16-31-53(42)54-32-17-30-52(43(54)2)49-23-15-22-47(40-49)48-36-39-62-60(41-48)55-24-13-14-33-61(55)65(62)50-37-34-46(35-38-50)64-58-27-11-9-25-56(58)63(45-20-7-4-8-21-45)57-26-10-12-28-59(57)64;1-2/h3-41H,1-2H3;1-2H2. The molecule has 0 aliphatic rings. The third kappa shape index (κ3) is 7.13. The Hall–Kier alpha value is -8.52. The maximum absolute atomic E-state index is 3.00. The van der Waals surface area contributed by atoms with Crippen molar-refractivity contribution in [3.8, 4) is 72.4 Å². The van der Waals surface area contributed by atoms with Gasteiger partial charge in [0.25, 0.3) is 0 Å². The van der Waals surface area contributed by atoms with E-state index in [1.54, 1.807) is 0 Å². The lowest BCUT2D eigenvalue weighted by Gasteiger charge is -2.18. The predicted octanol–water partition coefficient (Wildman–Crippen LogP) is 18.5. The first kappa shape index (κ1) is 41.2. The van der Waals surface area contributed by atoms with Crippen molar-refractivity contribution in [1.29, 1.82) is 0 Å². The number of hydrogen-bond acceptors (Lipinski definition) is 0. The number of para-hydroxylation sites is 1. The number of aromatic nitrogens is 1. The average molecular weight is 856 g/mol. The fourth-order valence-corrected chi connectivity index (χ4v) is 10.5. The summed E-state index contributed by atoms with van der Waals surface area (Å²) in [5.41, 5.74) is 21.1. The van der Waals surface area contributed by atoms with E-state index in [1.165, 1.54) is 121 Å². The summed E-state index contributed by atoms with van der Waals surface area (Å²) >= 11 is 0. The molecule has 0 saturated heterocycles. The molecule has 12 aromatic rings. The first-order chi connectivity index (χ1) is 33.1. The molecule has 1 heterocycles. The van der Waals surface area contributed by atoms with Crippen molar-refractivity contribution in [2.75, 3.05) is 0 Å². The Kier molecular flexibility index (Phi) is 10.7. The van der Waals surface area contributed by atoms with Crippen LogP contribution in [0.4, 0.5) is 0 Å². The number of nitrogens with zero attached hydrogens (tertiary/aromatic N) is 1. The molecule has 0 amide bonds. The zero-order chi connectivity index (χ0) is 45.4. The summed E-state index contributed by atoms with van der Waals surface area (Å²) in [4.78, 5) is 0. The fraction of sp³-hybridized carbons (Fsp3) is 0.0303. The van der Waals surface area contributed by atoms with Crippen LogP contribution in [0.1, 0.15) is 11.1 Å². The van der Waals surface area contributed by atoms with Gasteiger partial charge >= 0.3 is 0 Å². The molecule has 318 valence electrons. The summed E-state index contributed by atoms with van der Waals surface area (Å²) in [5, 5.41) is 7.55. The van der Waals surface area contributed by atoms with E-state index in [-0.39, 0.29) is 0 Å². The summed E-state index contributed by atoms with van der Waals surface area (Å²) < 4.78 is 2.42. The van der Waals surface area contributed by atoms with Gasteiger partial charge in [0, 0.05) is 16.5 Å². The minimum absolute atomic E-state index is 1.14. The molecular formula is C66H49N. The Morgan fingerprint density at radius 3 is 1.24 bits per heavy atom. The van der Waals surface area contributed by atoms with E-state index in [2.05, 4.69) is 268 Å². The van der Waals surface area contributed by atoms with Crippen LogP contribution < -0.4 is 0 Å². The van der Waals surface area contributed by atoms with E-state index in [0.29, 0.717) is 0 Å². The van der Waals surface area contributed by atoms with Crippen LogP contribution in [0.2, 0.25) is 0 Å². The van der Waals surface area contributed by atoms with Crippen molar-refractivity contribution < 1.29 is 0 Å². The van der Waals surface area contributed by atoms with Crippen LogP contribution in [-0.2, 0) is 0 Å². The summed E-state index contributed by atoms with van der Waals surface area (Å²) in [6.45, 7) is 10.5. The second-order valence-corrected chi connectivity index (χ2v) is 17.2. The highest BCUT2D eigenvalue weighted by molar-refractivity contribution is 6.21. The molecule has 0 fully saturated rings. The average Bonchev–Trinajstić information content (AvgIpc) is 3.73. The van der Waals surface area contributed by atoms with Gasteiger partial charge in [0.05, 0.1) is 11.0 Å². The van der Waals surface area contributed by atoms with Crippen LogP contribution in [0.5, 0.6) is 0 Å². The van der Waals surface area contributed by atoms with Crippen molar-refractivity contribution in [2.24, 2.45) is 0 Å². The minimum Gasteiger partial charge on any atom is -0.309 e. The van der Waals surface area contributed by atoms with E-state index in [0.717, 1.165) is 5.69 Å². The van der Waals surface area contributed by atoms with E-state index in [4.69, 9.17) is 0 Å². The molecular weight excluding hydrogens is 807 g/mol. The number of benzene rings is 11. The maximum Gasteiger partial charge on any atom is 0.0541 e. The Balaban J connectivity index is 0.00000244.